The fraction of sp³-hybridized carbons (Fsp3) is 0.316. The van der Waals surface area contributed by atoms with Gasteiger partial charge in [-0.1, -0.05) is 0 Å². The molecule has 0 fully saturated rings. The zero-order chi connectivity index (χ0) is 18.4. The van der Waals surface area contributed by atoms with Gasteiger partial charge in [0.2, 0.25) is 0 Å². The molecule has 0 spiro atoms. The van der Waals surface area contributed by atoms with Crippen LogP contribution in [0.5, 0.6) is 11.5 Å². The monoisotopic (exact) mass is 363 g/mol. The predicted molar refractivity (Wildman–Crippen MR) is 87.0 cm³/mol. The molecule has 136 valence electrons. The van der Waals surface area contributed by atoms with E-state index in [2.05, 4.69) is 0 Å². The summed E-state index contributed by atoms with van der Waals surface area (Å²) in [6.45, 7) is 1.27. The normalized spacial score (nSPS) is 14.5. The lowest BCUT2D eigenvalue weighted by Gasteiger charge is -2.21. The molecule has 4 rings (SSSR count). The molecule has 2 aromatic carbocycles. The van der Waals surface area contributed by atoms with Gasteiger partial charge in [0, 0.05) is 43.1 Å². The fourth-order valence-electron chi connectivity index (χ4n) is 3.46. The largest absolute Gasteiger partial charge is 0.493 e. The first kappa shape index (κ1) is 16.8. The average molecular weight is 363 g/mol. The molecule has 0 aliphatic carbocycles. The molecule has 2 heterocycles. The number of carbonyl (C=O) groups excluding carboxylic acids is 1. The summed E-state index contributed by atoms with van der Waals surface area (Å²) >= 11 is 0. The van der Waals surface area contributed by atoms with Crippen molar-refractivity contribution in [2.75, 3.05) is 20.3 Å². The number of fused-ring (bicyclic) bond motifs is 2. The van der Waals surface area contributed by atoms with Crippen LogP contribution in [0.3, 0.4) is 0 Å². The minimum Gasteiger partial charge on any atom is -0.493 e. The van der Waals surface area contributed by atoms with E-state index in [-0.39, 0.29) is 6.54 Å². The van der Waals surface area contributed by atoms with E-state index in [9.17, 15) is 18.0 Å². The van der Waals surface area contributed by atoms with Crippen molar-refractivity contribution in [1.82, 2.24) is 4.90 Å². The SMILES string of the molecule is CN(Cc1c2c(cc3c1OCC3)OCC2)C(=O)c1ccc(F)c(F)c1F. The molecule has 0 radical (unpaired) electrons. The number of hydrogen-bond acceptors (Lipinski definition) is 3. The molecule has 2 aromatic rings. The molecule has 4 nitrogen and oxygen atoms in total. The summed E-state index contributed by atoms with van der Waals surface area (Å²) < 4.78 is 51.8. The number of carbonyl (C=O) groups is 1. The second-order valence-electron chi connectivity index (χ2n) is 6.40. The summed E-state index contributed by atoms with van der Waals surface area (Å²) in [5, 5.41) is 0. The molecule has 0 bridgehead atoms. The van der Waals surface area contributed by atoms with Crippen molar-refractivity contribution in [2.24, 2.45) is 0 Å². The van der Waals surface area contributed by atoms with Gasteiger partial charge in [0.1, 0.15) is 11.5 Å². The van der Waals surface area contributed by atoms with Gasteiger partial charge >= 0.3 is 0 Å². The van der Waals surface area contributed by atoms with Crippen molar-refractivity contribution in [2.45, 2.75) is 19.4 Å². The third kappa shape index (κ3) is 2.58. The highest BCUT2D eigenvalue weighted by molar-refractivity contribution is 5.94. The summed E-state index contributed by atoms with van der Waals surface area (Å²) in [4.78, 5) is 13.8. The highest BCUT2D eigenvalue weighted by Gasteiger charge is 2.29. The topological polar surface area (TPSA) is 38.8 Å². The van der Waals surface area contributed by atoms with E-state index in [0.29, 0.717) is 19.6 Å². The molecule has 2 aliphatic heterocycles. The van der Waals surface area contributed by atoms with Crippen LogP contribution >= 0.6 is 0 Å². The lowest BCUT2D eigenvalue weighted by molar-refractivity contribution is 0.0778. The van der Waals surface area contributed by atoms with E-state index in [4.69, 9.17) is 9.47 Å². The molecule has 0 saturated carbocycles. The number of benzene rings is 2. The van der Waals surface area contributed by atoms with Crippen molar-refractivity contribution in [3.8, 4) is 11.5 Å². The standard InChI is InChI=1S/C19H16F3NO3/c1-23(19(24)12-2-3-14(20)17(22)16(12)21)9-13-11-5-7-25-15(11)8-10-4-6-26-18(10)13/h2-3,8H,4-7,9H2,1H3. The molecule has 0 atom stereocenters. The highest BCUT2D eigenvalue weighted by atomic mass is 19.2. The first-order chi connectivity index (χ1) is 12.5. The molecule has 7 heteroatoms. The van der Waals surface area contributed by atoms with Gasteiger partial charge in [0.15, 0.2) is 17.5 Å². The average Bonchev–Trinajstić information content (AvgIpc) is 3.28. The molecule has 1 amide bonds. The second-order valence-corrected chi connectivity index (χ2v) is 6.40. The van der Waals surface area contributed by atoms with E-state index in [1.807, 2.05) is 6.07 Å². The first-order valence-electron chi connectivity index (χ1n) is 8.29. The van der Waals surface area contributed by atoms with Gasteiger partial charge < -0.3 is 14.4 Å². The maximum absolute atomic E-state index is 13.9. The van der Waals surface area contributed by atoms with Crippen LogP contribution in [-0.2, 0) is 19.4 Å². The van der Waals surface area contributed by atoms with Crippen LogP contribution in [0, 0.1) is 17.5 Å². The van der Waals surface area contributed by atoms with Crippen LogP contribution in [-0.4, -0.2) is 31.1 Å². The Kier molecular flexibility index (Phi) is 4.01. The van der Waals surface area contributed by atoms with Gasteiger partial charge in [-0.15, -0.1) is 0 Å². The number of nitrogens with zero attached hydrogens (tertiary/aromatic N) is 1. The predicted octanol–water partition coefficient (Wildman–Crippen LogP) is 3.25. The molecule has 2 aliphatic rings. The number of amides is 1. The number of ether oxygens (including phenoxy) is 2. The van der Waals surface area contributed by atoms with Crippen LogP contribution in [0.2, 0.25) is 0 Å². The van der Waals surface area contributed by atoms with Crippen molar-refractivity contribution >= 4 is 5.91 Å². The van der Waals surface area contributed by atoms with E-state index < -0.39 is 28.9 Å². The molecule has 0 saturated heterocycles. The van der Waals surface area contributed by atoms with Crippen molar-refractivity contribution in [1.29, 1.82) is 0 Å². The Morgan fingerprint density at radius 3 is 2.69 bits per heavy atom. The molecule has 26 heavy (non-hydrogen) atoms. The van der Waals surface area contributed by atoms with Crippen LogP contribution in [0.15, 0.2) is 18.2 Å². The second kappa shape index (κ2) is 6.23. The van der Waals surface area contributed by atoms with Crippen LogP contribution in [0.1, 0.15) is 27.0 Å². The summed E-state index contributed by atoms with van der Waals surface area (Å²) in [6.07, 6.45) is 1.46. The summed E-state index contributed by atoms with van der Waals surface area (Å²) in [5.41, 5.74) is 2.30. The Morgan fingerprint density at radius 2 is 1.88 bits per heavy atom. The third-order valence-electron chi connectivity index (χ3n) is 4.77. The first-order valence-corrected chi connectivity index (χ1v) is 8.29. The van der Waals surface area contributed by atoms with E-state index in [0.717, 1.165) is 46.7 Å². The summed E-state index contributed by atoms with van der Waals surface area (Å²) in [7, 11) is 1.49. The van der Waals surface area contributed by atoms with E-state index in [1.54, 1.807) is 0 Å². The molecule has 0 aromatic heterocycles. The van der Waals surface area contributed by atoms with E-state index in [1.165, 1.54) is 11.9 Å². The Hall–Kier alpha value is -2.70. The Balaban J connectivity index is 1.67. The molecule has 0 N–H and O–H groups in total. The molecule has 0 unspecified atom stereocenters. The highest BCUT2D eigenvalue weighted by Crippen LogP contribution is 2.41. The summed E-state index contributed by atoms with van der Waals surface area (Å²) in [6, 6.07) is 3.66. The maximum atomic E-state index is 13.9. The minimum atomic E-state index is -1.65. The number of rotatable bonds is 3. The quantitative estimate of drug-likeness (QED) is 0.786. The Morgan fingerprint density at radius 1 is 1.12 bits per heavy atom. The van der Waals surface area contributed by atoms with Crippen LogP contribution in [0.4, 0.5) is 13.2 Å². The van der Waals surface area contributed by atoms with Crippen molar-refractivity contribution in [3.05, 3.63) is 57.9 Å². The maximum Gasteiger partial charge on any atom is 0.256 e. The minimum absolute atomic E-state index is 0.159. The van der Waals surface area contributed by atoms with Gasteiger partial charge in [0.05, 0.1) is 18.8 Å². The van der Waals surface area contributed by atoms with Gasteiger partial charge in [-0.25, -0.2) is 13.2 Å². The van der Waals surface area contributed by atoms with Crippen molar-refractivity contribution < 1.29 is 27.4 Å². The fourth-order valence-corrected chi connectivity index (χ4v) is 3.46. The summed E-state index contributed by atoms with van der Waals surface area (Å²) in [5.74, 6) is -3.67. The third-order valence-corrected chi connectivity index (χ3v) is 4.77. The van der Waals surface area contributed by atoms with Gasteiger partial charge in [-0.3, -0.25) is 4.79 Å². The Bertz CT molecular complexity index is 881. The smallest absolute Gasteiger partial charge is 0.256 e. The van der Waals surface area contributed by atoms with Crippen LogP contribution < -0.4 is 9.47 Å². The molecular weight excluding hydrogens is 347 g/mol. The van der Waals surface area contributed by atoms with Gasteiger partial charge in [-0.2, -0.15) is 0 Å². The van der Waals surface area contributed by atoms with Gasteiger partial charge in [0.25, 0.3) is 5.91 Å². The van der Waals surface area contributed by atoms with Gasteiger partial charge in [-0.05, 0) is 18.2 Å². The van der Waals surface area contributed by atoms with Crippen molar-refractivity contribution in [3.63, 3.8) is 0 Å². The number of halogens is 3. The molecular formula is C19H16F3NO3. The number of hydrogen-bond donors (Lipinski definition) is 0. The zero-order valence-corrected chi connectivity index (χ0v) is 14.1. The zero-order valence-electron chi connectivity index (χ0n) is 14.1. The van der Waals surface area contributed by atoms with E-state index >= 15 is 0 Å². The Labute approximate surface area is 148 Å². The lowest BCUT2D eigenvalue weighted by atomic mass is 9.99. The van der Waals surface area contributed by atoms with Crippen LogP contribution in [0.25, 0.3) is 0 Å². The lowest BCUT2D eigenvalue weighted by Crippen LogP contribution is -2.28.